The Hall–Kier alpha value is -2.54. The predicted molar refractivity (Wildman–Crippen MR) is 122 cm³/mol. The van der Waals surface area contributed by atoms with Crippen LogP contribution in [0.1, 0.15) is 57.9 Å². The van der Waals surface area contributed by atoms with Crippen molar-refractivity contribution < 1.29 is 23.8 Å². The monoisotopic (exact) mass is 463 g/mol. The fourth-order valence-electron chi connectivity index (χ4n) is 4.14. The van der Waals surface area contributed by atoms with Crippen molar-refractivity contribution in [1.82, 2.24) is 5.32 Å². The molecule has 1 fully saturated rings. The van der Waals surface area contributed by atoms with Gasteiger partial charge in [-0.1, -0.05) is 24.9 Å². The van der Waals surface area contributed by atoms with E-state index in [9.17, 15) is 14.4 Å². The van der Waals surface area contributed by atoms with Crippen molar-refractivity contribution in [3.05, 3.63) is 39.2 Å². The Morgan fingerprint density at radius 1 is 1.25 bits per heavy atom. The molecule has 1 saturated carbocycles. The van der Waals surface area contributed by atoms with Crippen molar-refractivity contribution in [2.24, 2.45) is 11.8 Å². The van der Waals surface area contributed by atoms with Crippen LogP contribution in [0.4, 0.5) is 0 Å². The van der Waals surface area contributed by atoms with Gasteiger partial charge in [0.2, 0.25) is 0 Å². The van der Waals surface area contributed by atoms with Gasteiger partial charge < -0.3 is 19.6 Å². The number of benzene rings is 1. The van der Waals surface area contributed by atoms with Crippen molar-refractivity contribution in [3.8, 4) is 5.75 Å². The maximum absolute atomic E-state index is 12.5. The summed E-state index contributed by atoms with van der Waals surface area (Å²) in [6.07, 6.45) is 4.75. The van der Waals surface area contributed by atoms with E-state index in [0.717, 1.165) is 43.1 Å². The second-order valence-electron chi connectivity index (χ2n) is 8.53. The molecule has 0 bridgehead atoms. The van der Waals surface area contributed by atoms with Crippen molar-refractivity contribution in [2.75, 3.05) is 6.54 Å². The van der Waals surface area contributed by atoms with Gasteiger partial charge in [-0.25, -0.2) is 4.79 Å². The van der Waals surface area contributed by atoms with Gasteiger partial charge in [0, 0.05) is 24.1 Å². The van der Waals surface area contributed by atoms with Crippen LogP contribution in [0, 0.1) is 11.8 Å². The first-order chi connectivity index (χ1) is 15.3. The summed E-state index contributed by atoms with van der Waals surface area (Å²) >= 11 is 6.41. The van der Waals surface area contributed by atoms with Gasteiger partial charge >= 0.3 is 11.6 Å². The number of aliphatic carboxylic acids is 1. The van der Waals surface area contributed by atoms with E-state index in [2.05, 4.69) is 12.2 Å². The van der Waals surface area contributed by atoms with Crippen LogP contribution in [0.5, 0.6) is 5.75 Å². The summed E-state index contributed by atoms with van der Waals surface area (Å²) in [7, 11) is 0. The molecule has 1 atom stereocenters. The van der Waals surface area contributed by atoms with Crippen LogP contribution in [0.2, 0.25) is 5.02 Å². The number of carboxylic acid groups (broad SMARTS) is 1. The lowest BCUT2D eigenvalue weighted by molar-refractivity contribution is -0.143. The van der Waals surface area contributed by atoms with Gasteiger partial charge in [0.1, 0.15) is 11.3 Å². The van der Waals surface area contributed by atoms with E-state index < -0.39 is 17.7 Å². The Morgan fingerprint density at radius 3 is 2.62 bits per heavy atom. The van der Waals surface area contributed by atoms with E-state index in [1.54, 1.807) is 19.1 Å². The third-order valence-corrected chi connectivity index (χ3v) is 6.41. The Kier molecular flexibility index (Phi) is 8.18. The maximum atomic E-state index is 12.5. The molecular formula is C24H30ClNO6. The smallest absolute Gasteiger partial charge is 0.336 e. The van der Waals surface area contributed by atoms with E-state index in [1.165, 1.54) is 6.07 Å². The fourth-order valence-corrected chi connectivity index (χ4v) is 4.35. The van der Waals surface area contributed by atoms with Crippen molar-refractivity contribution in [3.63, 3.8) is 0 Å². The van der Waals surface area contributed by atoms with Gasteiger partial charge in [0.25, 0.3) is 5.91 Å². The summed E-state index contributed by atoms with van der Waals surface area (Å²) in [5.41, 5.74) is 0.834. The summed E-state index contributed by atoms with van der Waals surface area (Å²) in [6, 6.07) is 4.77. The molecule has 1 aromatic heterocycles. The molecular weight excluding hydrogens is 434 g/mol. The molecule has 7 nitrogen and oxygen atoms in total. The van der Waals surface area contributed by atoms with Crippen LogP contribution < -0.4 is 15.7 Å². The largest absolute Gasteiger partial charge is 0.481 e. The molecule has 0 aliphatic heterocycles. The lowest BCUT2D eigenvalue weighted by atomic mass is 9.82. The average molecular weight is 464 g/mol. The maximum Gasteiger partial charge on any atom is 0.336 e. The lowest BCUT2D eigenvalue weighted by Gasteiger charge is -2.26. The molecule has 0 spiro atoms. The van der Waals surface area contributed by atoms with E-state index in [4.69, 9.17) is 25.9 Å². The Bertz CT molecular complexity index is 1030. The number of hydrogen-bond donors (Lipinski definition) is 2. The molecule has 2 aromatic rings. The van der Waals surface area contributed by atoms with E-state index in [1.807, 2.05) is 0 Å². The SMILES string of the molecule is CCCCc1cc(=O)oc2cc(O[C@H](C)C(=O)NCC3CCC(C(=O)O)CC3)c(Cl)cc12. The molecule has 3 rings (SSSR count). The number of amides is 1. The number of carbonyl (C=O) groups excluding carboxylic acids is 1. The normalized spacial score (nSPS) is 19.5. The third-order valence-electron chi connectivity index (χ3n) is 6.12. The lowest BCUT2D eigenvalue weighted by Crippen LogP contribution is -2.39. The van der Waals surface area contributed by atoms with E-state index in [0.29, 0.717) is 30.0 Å². The molecule has 1 aromatic carbocycles. The molecule has 1 aliphatic carbocycles. The molecule has 0 unspecified atom stereocenters. The predicted octanol–water partition coefficient (Wildman–Crippen LogP) is 4.56. The number of rotatable bonds is 9. The molecule has 0 saturated heterocycles. The molecule has 1 aliphatic rings. The van der Waals surface area contributed by atoms with Crippen molar-refractivity contribution >= 4 is 34.4 Å². The highest BCUT2D eigenvalue weighted by molar-refractivity contribution is 6.32. The zero-order valence-corrected chi connectivity index (χ0v) is 19.2. The van der Waals surface area contributed by atoms with Gasteiger partial charge in [-0.3, -0.25) is 9.59 Å². The van der Waals surface area contributed by atoms with Gasteiger partial charge in [0.05, 0.1) is 10.9 Å². The number of halogens is 1. The molecule has 1 amide bonds. The number of nitrogens with one attached hydrogen (secondary N) is 1. The minimum Gasteiger partial charge on any atom is -0.481 e. The Morgan fingerprint density at radius 2 is 1.97 bits per heavy atom. The Balaban J connectivity index is 1.62. The first kappa shape index (κ1) is 24.1. The number of carbonyl (C=O) groups is 2. The highest BCUT2D eigenvalue weighted by Crippen LogP contribution is 2.32. The second-order valence-corrected chi connectivity index (χ2v) is 8.94. The molecule has 0 radical (unpaired) electrons. The molecule has 8 heteroatoms. The summed E-state index contributed by atoms with van der Waals surface area (Å²) in [6.45, 7) is 4.20. The zero-order valence-electron chi connectivity index (χ0n) is 18.5. The summed E-state index contributed by atoms with van der Waals surface area (Å²) in [5, 5.41) is 13.1. The fraction of sp³-hybridized carbons (Fsp3) is 0.542. The summed E-state index contributed by atoms with van der Waals surface area (Å²) in [4.78, 5) is 35.5. The summed E-state index contributed by atoms with van der Waals surface area (Å²) < 4.78 is 11.1. The van der Waals surface area contributed by atoms with Crippen LogP contribution in [0.3, 0.4) is 0 Å². The highest BCUT2D eigenvalue weighted by Gasteiger charge is 2.26. The summed E-state index contributed by atoms with van der Waals surface area (Å²) in [5.74, 6) is -0.752. The van der Waals surface area contributed by atoms with Crippen LogP contribution in [0.15, 0.2) is 27.4 Å². The highest BCUT2D eigenvalue weighted by atomic mass is 35.5. The second kappa shape index (κ2) is 10.9. The number of aryl methyl sites for hydroxylation is 1. The molecule has 174 valence electrons. The topological polar surface area (TPSA) is 106 Å². The minimum absolute atomic E-state index is 0.266. The first-order valence-electron chi connectivity index (χ1n) is 11.2. The average Bonchev–Trinajstić information content (AvgIpc) is 2.76. The van der Waals surface area contributed by atoms with Crippen molar-refractivity contribution in [2.45, 2.75) is 64.9 Å². The van der Waals surface area contributed by atoms with Crippen LogP contribution in [-0.2, 0) is 16.0 Å². The van der Waals surface area contributed by atoms with Crippen LogP contribution >= 0.6 is 11.6 Å². The van der Waals surface area contributed by atoms with E-state index >= 15 is 0 Å². The van der Waals surface area contributed by atoms with Gasteiger partial charge in [-0.2, -0.15) is 0 Å². The zero-order chi connectivity index (χ0) is 23.3. The third kappa shape index (κ3) is 6.03. The number of carboxylic acids is 1. The van der Waals surface area contributed by atoms with Crippen LogP contribution in [-0.4, -0.2) is 29.6 Å². The molecule has 1 heterocycles. The Labute approximate surface area is 192 Å². The standard InChI is InChI=1S/C24H30ClNO6/c1-3-4-5-17-10-22(27)32-20-12-21(19(25)11-18(17)20)31-14(2)23(28)26-13-15-6-8-16(9-7-15)24(29)30/h10-12,14-16H,3-9,13H2,1-2H3,(H,26,28)(H,29,30)/t14-,15?,16?/m1/s1. The quantitative estimate of drug-likeness (QED) is 0.528. The van der Waals surface area contributed by atoms with E-state index in [-0.39, 0.29) is 23.5 Å². The number of ether oxygens (including phenoxy) is 1. The van der Waals surface area contributed by atoms with Gasteiger partial charge in [-0.05, 0) is 63.0 Å². The molecule has 32 heavy (non-hydrogen) atoms. The van der Waals surface area contributed by atoms with Gasteiger partial charge in [0.15, 0.2) is 6.10 Å². The van der Waals surface area contributed by atoms with Gasteiger partial charge in [-0.15, -0.1) is 0 Å². The first-order valence-corrected chi connectivity index (χ1v) is 11.6. The number of unbranched alkanes of at least 4 members (excludes halogenated alkanes) is 1. The van der Waals surface area contributed by atoms with Crippen molar-refractivity contribution in [1.29, 1.82) is 0 Å². The molecule has 2 N–H and O–H groups in total. The minimum atomic E-state index is -0.796. The number of fused-ring (bicyclic) bond motifs is 1. The van der Waals surface area contributed by atoms with Crippen LogP contribution in [0.25, 0.3) is 11.0 Å². The number of hydrogen-bond acceptors (Lipinski definition) is 5.